The van der Waals surface area contributed by atoms with Crippen molar-refractivity contribution in [3.8, 4) is 5.75 Å². The Labute approximate surface area is 115 Å². The first-order valence-corrected chi connectivity index (χ1v) is 7.11. The molecule has 4 nitrogen and oxygen atoms in total. The lowest BCUT2D eigenvalue weighted by molar-refractivity contribution is 0.0508. The lowest BCUT2D eigenvalue weighted by Gasteiger charge is -2.43. The van der Waals surface area contributed by atoms with Gasteiger partial charge in [0, 0.05) is 31.7 Å². The minimum absolute atomic E-state index is 0.369. The van der Waals surface area contributed by atoms with Crippen LogP contribution in [-0.2, 0) is 0 Å². The Hall–Kier alpha value is -1.10. The van der Waals surface area contributed by atoms with Gasteiger partial charge in [0.1, 0.15) is 12.4 Å². The molecule has 0 aliphatic carbocycles. The Morgan fingerprint density at radius 2 is 1.89 bits per heavy atom. The van der Waals surface area contributed by atoms with Crippen molar-refractivity contribution in [1.29, 1.82) is 0 Å². The van der Waals surface area contributed by atoms with Crippen LogP contribution in [0.2, 0.25) is 0 Å². The van der Waals surface area contributed by atoms with Gasteiger partial charge in [0.15, 0.2) is 0 Å². The van der Waals surface area contributed by atoms with Crippen molar-refractivity contribution < 1.29 is 4.74 Å². The molecule has 0 bridgehead atoms. The third-order valence-electron chi connectivity index (χ3n) is 4.37. The van der Waals surface area contributed by atoms with Crippen LogP contribution in [0.25, 0.3) is 0 Å². The van der Waals surface area contributed by atoms with Gasteiger partial charge in [-0.25, -0.2) is 0 Å². The van der Waals surface area contributed by atoms with E-state index in [-0.39, 0.29) is 0 Å². The van der Waals surface area contributed by atoms with Gasteiger partial charge in [0.2, 0.25) is 0 Å². The van der Waals surface area contributed by atoms with Gasteiger partial charge in [-0.15, -0.1) is 0 Å². The van der Waals surface area contributed by atoms with Crippen molar-refractivity contribution in [2.24, 2.45) is 0 Å². The number of hydrogen-bond donors (Lipinski definition) is 1. The first-order chi connectivity index (χ1) is 9.29. The molecule has 0 aromatic heterocycles. The largest absolute Gasteiger partial charge is 0.492 e. The maximum Gasteiger partial charge on any atom is 0.124 e. The highest BCUT2D eigenvalue weighted by Crippen LogP contribution is 2.34. The van der Waals surface area contributed by atoms with Gasteiger partial charge in [-0.2, -0.15) is 0 Å². The number of nitrogens with one attached hydrogen (secondary N) is 1. The minimum atomic E-state index is 0.369. The van der Waals surface area contributed by atoms with Crippen LogP contribution >= 0.6 is 0 Å². The summed E-state index contributed by atoms with van der Waals surface area (Å²) < 4.78 is 5.95. The van der Waals surface area contributed by atoms with E-state index in [9.17, 15) is 0 Å². The fourth-order valence-electron chi connectivity index (χ4n) is 3.17. The van der Waals surface area contributed by atoms with E-state index in [4.69, 9.17) is 4.74 Å². The predicted molar refractivity (Wildman–Crippen MR) is 76.6 cm³/mol. The standard InChI is InChI=1S/C15H23N3O/c1-16-15-12-5-3-4-6-14(12)19-11-13(15)18-9-7-17(2)8-10-18/h3-6,13,15-16H,7-11H2,1-2H3. The van der Waals surface area contributed by atoms with E-state index in [1.54, 1.807) is 0 Å². The molecule has 104 valence electrons. The van der Waals surface area contributed by atoms with Crippen molar-refractivity contribution in [3.63, 3.8) is 0 Å². The summed E-state index contributed by atoms with van der Waals surface area (Å²) in [7, 11) is 4.25. The SMILES string of the molecule is CNC1c2ccccc2OCC1N1CCN(C)CC1. The summed E-state index contributed by atoms with van der Waals surface area (Å²) in [6, 6.07) is 9.20. The van der Waals surface area contributed by atoms with Gasteiger partial charge < -0.3 is 15.0 Å². The van der Waals surface area contributed by atoms with Gasteiger partial charge in [0.05, 0.1) is 12.1 Å². The van der Waals surface area contributed by atoms with Gasteiger partial charge in [0.25, 0.3) is 0 Å². The molecule has 0 radical (unpaired) electrons. The van der Waals surface area contributed by atoms with Gasteiger partial charge in [-0.1, -0.05) is 18.2 Å². The van der Waals surface area contributed by atoms with E-state index < -0.39 is 0 Å². The highest BCUT2D eigenvalue weighted by Gasteiger charge is 2.34. The molecular weight excluding hydrogens is 238 g/mol. The number of piperazine rings is 1. The quantitative estimate of drug-likeness (QED) is 0.858. The maximum atomic E-state index is 5.95. The summed E-state index contributed by atoms with van der Waals surface area (Å²) in [5.74, 6) is 1.03. The maximum absolute atomic E-state index is 5.95. The van der Waals surface area contributed by atoms with Crippen LogP contribution in [0.1, 0.15) is 11.6 Å². The van der Waals surface area contributed by atoms with Crippen molar-refractivity contribution in [2.45, 2.75) is 12.1 Å². The molecule has 1 saturated heterocycles. The smallest absolute Gasteiger partial charge is 0.124 e. The molecule has 2 heterocycles. The van der Waals surface area contributed by atoms with E-state index in [0.717, 1.165) is 38.5 Å². The van der Waals surface area contributed by atoms with E-state index in [1.807, 2.05) is 6.07 Å². The van der Waals surface area contributed by atoms with E-state index in [1.165, 1.54) is 5.56 Å². The Bertz CT molecular complexity index is 429. The minimum Gasteiger partial charge on any atom is -0.492 e. The third-order valence-corrected chi connectivity index (χ3v) is 4.37. The number of hydrogen-bond acceptors (Lipinski definition) is 4. The normalized spacial score (nSPS) is 28.7. The molecule has 0 saturated carbocycles. The summed E-state index contributed by atoms with van der Waals surface area (Å²) >= 11 is 0. The van der Waals surface area contributed by atoms with Gasteiger partial charge >= 0.3 is 0 Å². The van der Waals surface area contributed by atoms with E-state index >= 15 is 0 Å². The zero-order chi connectivity index (χ0) is 13.2. The van der Waals surface area contributed by atoms with Crippen LogP contribution in [0, 0.1) is 0 Å². The Morgan fingerprint density at radius 1 is 1.16 bits per heavy atom. The number of benzene rings is 1. The first-order valence-electron chi connectivity index (χ1n) is 7.11. The zero-order valence-electron chi connectivity index (χ0n) is 11.8. The number of likely N-dealkylation sites (N-methyl/N-ethyl adjacent to an activating group) is 2. The molecule has 1 aromatic carbocycles. The molecule has 1 aromatic rings. The molecule has 0 spiro atoms. The second-order valence-corrected chi connectivity index (χ2v) is 5.52. The Kier molecular flexibility index (Phi) is 3.73. The van der Waals surface area contributed by atoms with Crippen LogP contribution in [0.15, 0.2) is 24.3 Å². The molecular formula is C15H23N3O. The highest BCUT2D eigenvalue weighted by atomic mass is 16.5. The summed E-state index contributed by atoms with van der Waals surface area (Å²) in [5.41, 5.74) is 1.29. The molecule has 1 N–H and O–H groups in total. The topological polar surface area (TPSA) is 27.7 Å². The van der Waals surface area contributed by atoms with Crippen molar-refractivity contribution >= 4 is 0 Å². The highest BCUT2D eigenvalue weighted by molar-refractivity contribution is 5.38. The van der Waals surface area contributed by atoms with E-state index in [2.05, 4.69) is 47.4 Å². The monoisotopic (exact) mass is 261 g/mol. The Balaban J connectivity index is 1.80. The van der Waals surface area contributed by atoms with Crippen LogP contribution in [0.3, 0.4) is 0 Å². The van der Waals surface area contributed by atoms with Crippen LogP contribution < -0.4 is 10.1 Å². The summed E-state index contributed by atoms with van der Waals surface area (Å²) in [5, 5.41) is 3.48. The van der Waals surface area contributed by atoms with Crippen LogP contribution in [0.5, 0.6) is 5.75 Å². The van der Waals surface area contributed by atoms with Crippen molar-refractivity contribution in [1.82, 2.24) is 15.1 Å². The molecule has 3 rings (SSSR count). The predicted octanol–water partition coefficient (Wildman–Crippen LogP) is 0.956. The second-order valence-electron chi connectivity index (χ2n) is 5.52. The summed E-state index contributed by atoms with van der Waals surface area (Å²) in [6.45, 7) is 5.34. The van der Waals surface area contributed by atoms with Gasteiger partial charge in [-0.3, -0.25) is 4.90 Å². The molecule has 0 amide bonds. The number of ether oxygens (including phenoxy) is 1. The number of fused-ring (bicyclic) bond motifs is 1. The molecule has 2 atom stereocenters. The lowest BCUT2D eigenvalue weighted by atomic mass is 9.95. The number of para-hydroxylation sites is 1. The third kappa shape index (κ3) is 2.48. The summed E-state index contributed by atoms with van der Waals surface area (Å²) in [6.07, 6.45) is 0. The molecule has 2 aliphatic heterocycles. The summed E-state index contributed by atoms with van der Waals surface area (Å²) in [4.78, 5) is 4.96. The van der Waals surface area contributed by atoms with Crippen LogP contribution in [-0.4, -0.2) is 62.7 Å². The van der Waals surface area contributed by atoms with E-state index in [0.29, 0.717) is 12.1 Å². The molecule has 19 heavy (non-hydrogen) atoms. The molecule has 2 aliphatic rings. The zero-order valence-corrected chi connectivity index (χ0v) is 11.8. The molecule has 2 unspecified atom stereocenters. The lowest BCUT2D eigenvalue weighted by Crippen LogP contribution is -2.55. The first kappa shape index (κ1) is 12.9. The van der Waals surface area contributed by atoms with Gasteiger partial charge in [-0.05, 0) is 20.2 Å². The second kappa shape index (κ2) is 5.49. The number of nitrogens with zero attached hydrogens (tertiary/aromatic N) is 2. The molecule has 4 heteroatoms. The fraction of sp³-hybridized carbons (Fsp3) is 0.600. The average Bonchev–Trinajstić information content (AvgIpc) is 2.47. The fourth-order valence-corrected chi connectivity index (χ4v) is 3.17. The number of rotatable bonds is 2. The van der Waals surface area contributed by atoms with Crippen molar-refractivity contribution in [3.05, 3.63) is 29.8 Å². The Morgan fingerprint density at radius 3 is 2.63 bits per heavy atom. The molecule has 1 fully saturated rings. The van der Waals surface area contributed by atoms with Crippen molar-refractivity contribution in [2.75, 3.05) is 46.9 Å². The average molecular weight is 261 g/mol. The van der Waals surface area contributed by atoms with Crippen LogP contribution in [0.4, 0.5) is 0 Å².